The molecule has 0 amide bonds. The SMILES string of the molecule is CC1CCCCC1N(C)c1ccc([N+](=O)[O-])c(CCl)c1. The average Bonchev–Trinajstić information content (AvgIpc) is 2.46. The lowest BCUT2D eigenvalue weighted by molar-refractivity contribution is -0.385. The van der Waals surface area contributed by atoms with Crippen molar-refractivity contribution in [3.8, 4) is 0 Å². The lowest BCUT2D eigenvalue weighted by atomic mass is 9.85. The first-order valence-electron chi connectivity index (χ1n) is 7.10. The number of nitro groups is 1. The standard InChI is InChI=1S/C15H21ClN2O2/c1-11-5-3-4-6-14(11)17(2)13-7-8-15(18(19)20)12(9-13)10-16/h7-9,11,14H,3-6,10H2,1-2H3. The van der Waals surface area contributed by atoms with Gasteiger partial charge < -0.3 is 4.90 Å². The number of nitrogens with zero attached hydrogens (tertiary/aromatic N) is 2. The molecule has 110 valence electrons. The fourth-order valence-corrected chi connectivity index (χ4v) is 3.35. The summed E-state index contributed by atoms with van der Waals surface area (Å²) in [6.07, 6.45) is 5.00. The zero-order valence-electron chi connectivity index (χ0n) is 12.0. The van der Waals surface area contributed by atoms with Crippen LogP contribution in [0.4, 0.5) is 11.4 Å². The topological polar surface area (TPSA) is 46.4 Å². The molecule has 0 N–H and O–H groups in total. The minimum Gasteiger partial charge on any atom is -0.371 e. The van der Waals surface area contributed by atoms with Crippen molar-refractivity contribution in [1.29, 1.82) is 0 Å². The summed E-state index contributed by atoms with van der Waals surface area (Å²) in [5.41, 5.74) is 1.71. The molecule has 1 aromatic rings. The van der Waals surface area contributed by atoms with Gasteiger partial charge in [-0.2, -0.15) is 0 Å². The summed E-state index contributed by atoms with van der Waals surface area (Å²) in [7, 11) is 2.08. The van der Waals surface area contributed by atoms with E-state index in [0.717, 1.165) is 5.69 Å². The highest BCUT2D eigenvalue weighted by Gasteiger charge is 2.26. The van der Waals surface area contributed by atoms with Crippen LogP contribution >= 0.6 is 11.6 Å². The third kappa shape index (κ3) is 3.06. The Balaban J connectivity index is 2.25. The van der Waals surface area contributed by atoms with Crippen molar-refractivity contribution >= 4 is 23.0 Å². The third-order valence-electron chi connectivity index (χ3n) is 4.37. The van der Waals surface area contributed by atoms with Crippen LogP contribution in [0.1, 0.15) is 38.2 Å². The number of rotatable bonds is 4. The molecule has 2 unspecified atom stereocenters. The quantitative estimate of drug-likeness (QED) is 0.471. The highest BCUT2D eigenvalue weighted by molar-refractivity contribution is 6.17. The van der Waals surface area contributed by atoms with Gasteiger partial charge in [0, 0.05) is 30.4 Å². The maximum atomic E-state index is 10.9. The van der Waals surface area contributed by atoms with Gasteiger partial charge in [0.2, 0.25) is 0 Å². The molecule has 1 aromatic carbocycles. The van der Waals surface area contributed by atoms with Gasteiger partial charge in [0.05, 0.1) is 10.8 Å². The Morgan fingerprint density at radius 1 is 1.40 bits per heavy atom. The Morgan fingerprint density at radius 3 is 2.70 bits per heavy atom. The summed E-state index contributed by atoms with van der Waals surface area (Å²) in [4.78, 5) is 12.8. The summed E-state index contributed by atoms with van der Waals surface area (Å²) in [6, 6.07) is 5.76. The van der Waals surface area contributed by atoms with E-state index in [9.17, 15) is 10.1 Å². The Bertz CT molecular complexity index is 493. The second kappa shape index (κ2) is 6.44. The fraction of sp³-hybridized carbons (Fsp3) is 0.600. The highest BCUT2D eigenvalue weighted by atomic mass is 35.5. The van der Waals surface area contributed by atoms with Crippen LogP contribution in [0.3, 0.4) is 0 Å². The first kappa shape index (κ1) is 15.1. The Morgan fingerprint density at radius 2 is 2.10 bits per heavy atom. The smallest absolute Gasteiger partial charge is 0.273 e. The lowest BCUT2D eigenvalue weighted by Gasteiger charge is -2.37. The molecule has 4 nitrogen and oxygen atoms in total. The number of benzene rings is 1. The minimum absolute atomic E-state index is 0.105. The molecule has 2 rings (SSSR count). The van der Waals surface area contributed by atoms with Gasteiger partial charge in [-0.3, -0.25) is 10.1 Å². The molecule has 1 aliphatic carbocycles. The van der Waals surface area contributed by atoms with Crippen LogP contribution in [-0.2, 0) is 5.88 Å². The Hall–Kier alpha value is -1.29. The van der Waals surface area contributed by atoms with Crippen molar-refractivity contribution in [1.82, 2.24) is 0 Å². The van der Waals surface area contributed by atoms with E-state index in [0.29, 0.717) is 17.5 Å². The van der Waals surface area contributed by atoms with Crippen LogP contribution in [0, 0.1) is 16.0 Å². The molecule has 0 heterocycles. The van der Waals surface area contributed by atoms with Gasteiger partial charge in [-0.25, -0.2) is 0 Å². The number of anilines is 1. The van der Waals surface area contributed by atoms with Gasteiger partial charge in [-0.1, -0.05) is 19.8 Å². The summed E-state index contributed by atoms with van der Waals surface area (Å²) in [5.74, 6) is 0.821. The van der Waals surface area contributed by atoms with E-state index in [1.165, 1.54) is 25.7 Å². The molecule has 1 saturated carbocycles. The monoisotopic (exact) mass is 296 g/mol. The molecule has 1 fully saturated rings. The van der Waals surface area contributed by atoms with Gasteiger partial charge in [-0.05, 0) is 30.9 Å². The summed E-state index contributed by atoms with van der Waals surface area (Å²) >= 11 is 5.84. The van der Waals surface area contributed by atoms with E-state index in [-0.39, 0.29) is 16.5 Å². The highest BCUT2D eigenvalue weighted by Crippen LogP contribution is 2.32. The fourth-order valence-electron chi connectivity index (χ4n) is 3.14. The number of hydrogen-bond donors (Lipinski definition) is 0. The van der Waals surface area contributed by atoms with Gasteiger partial charge in [0.15, 0.2) is 0 Å². The largest absolute Gasteiger partial charge is 0.371 e. The normalized spacial score (nSPS) is 22.6. The zero-order valence-corrected chi connectivity index (χ0v) is 12.8. The van der Waals surface area contributed by atoms with Crippen LogP contribution in [0.2, 0.25) is 0 Å². The van der Waals surface area contributed by atoms with Crippen molar-refractivity contribution in [2.45, 2.75) is 44.5 Å². The van der Waals surface area contributed by atoms with Crippen LogP contribution < -0.4 is 4.90 Å². The molecule has 0 radical (unpaired) electrons. The Labute approximate surface area is 124 Å². The molecule has 0 bridgehead atoms. The van der Waals surface area contributed by atoms with E-state index in [1.807, 2.05) is 12.1 Å². The number of hydrogen-bond acceptors (Lipinski definition) is 3. The molecular formula is C15H21ClN2O2. The van der Waals surface area contributed by atoms with Gasteiger partial charge in [0.25, 0.3) is 5.69 Å². The van der Waals surface area contributed by atoms with Gasteiger partial charge >= 0.3 is 0 Å². The molecule has 20 heavy (non-hydrogen) atoms. The minimum atomic E-state index is -0.370. The molecular weight excluding hydrogens is 276 g/mol. The second-order valence-electron chi connectivity index (χ2n) is 5.64. The summed E-state index contributed by atoms with van der Waals surface area (Å²) in [5, 5.41) is 10.9. The zero-order chi connectivity index (χ0) is 14.7. The summed E-state index contributed by atoms with van der Waals surface area (Å²) in [6.45, 7) is 2.29. The predicted molar refractivity (Wildman–Crippen MR) is 82.5 cm³/mol. The summed E-state index contributed by atoms with van der Waals surface area (Å²) < 4.78 is 0. The van der Waals surface area contributed by atoms with E-state index in [1.54, 1.807) is 6.07 Å². The molecule has 2 atom stereocenters. The van der Waals surface area contributed by atoms with Gasteiger partial charge in [0.1, 0.15) is 0 Å². The van der Waals surface area contributed by atoms with E-state index in [4.69, 9.17) is 11.6 Å². The van der Waals surface area contributed by atoms with Crippen molar-refractivity contribution < 1.29 is 4.92 Å². The van der Waals surface area contributed by atoms with Crippen molar-refractivity contribution in [3.05, 3.63) is 33.9 Å². The van der Waals surface area contributed by atoms with E-state index < -0.39 is 0 Å². The van der Waals surface area contributed by atoms with Gasteiger partial charge in [-0.15, -0.1) is 11.6 Å². The number of halogens is 1. The van der Waals surface area contributed by atoms with Crippen LogP contribution in [0.5, 0.6) is 0 Å². The van der Waals surface area contributed by atoms with Crippen LogP contribution in [0.25, 0.3) is 0 Å². The van der Waals surface area contributed by atoms with E-state index >= 15 is 0 Å². The third-order valence-corrected chi connectivity index (χ3v) is 4.66. The lowest BCUT2D eigenvalue weighted by Crippen LogP contribution is -2.39. The van der Waals surface area contributed by atoms with Crippen LogP contribution in [-0.4, -0.2) is 18.0 Å². The molecule has 0 saturated heterocycles. The number of nitro benzene ring substituents is 1. The molecule has 1 aliphatic rings. The maximum Gasteiger partial charge on any atom is 0.273 e. The first-order chi connectivity index (χ1) is 9.54. The first-order valence-corrected chi connectivity index (χ1v) is 7.64. The van der Waals surface area contributed by atoms with Crippen LogP contribution in [0.15, 0.2) is 18.2 Å². The Kier molecular flexibility index (Phi) is 4.86. The van der Waals surface area contributed by atoms with Crippen molar-refractivity contribution in [3.63, 3.8) is 0 Å². The van der Waals surface area contributed by atoms with Crippen molar-refractivity contribution in [2.75, 3.05) is 11.9 Å². The maximum absolute atomic E-state index is 10.9. The molecule has 0 spiro atoms. The predicted octanol–water partition coefficient (Wildman–Crippen LogP) is 4.35. The second-order valence-corrected chi connectivity index (χ2v) is 5.91. The number of alkyl halides is 1. The van der Waals surface area contributed by atoms with Crippen molar-refractivity contribution in [2.24, 2.45) is 5.92 Å². The molecule has 5 heteroatoms. The average molecular weight is 297 g/mol. The van der Waals surface area contributed by atoms with E-state index in [2.05, 4.69) is 18.9 Å². The molecule has 0 aliphatic heterocycles. The molecule has 0 aromatic heterocycles.